The lowest BCUT2D eigenvalue weighted by Crippen LogP contribution is -2.46. The van der Waals surface area contributed by atoms with Gasteiger partial charge in [0.2, 0.25) is 0 Å². The quantitative estimate of drug-likeness (QED) is 0.845. The van der Waals surface area contributed by atoms with E-state index in [9.17, 15) is 0 Å². The highest BCUT2D eigenvalue weighted by atomic mass is 16.5. The number of rotatable bonds is 7. The largest absolute Gasteiger partial charge is 0.374 e. The van der Waals surface area contributed by atoms with Gasteiger partial charge >= 0.3 is 0 Å². The number of aromatic nitrogens is 2. The molecule has 1 aliphatic heterocycles. The highest BCUT2D eigenvalue weighted by Gasteiger charge is 2.18. The highest BCUT2D eigenvalue weighted by molar-refractivity contribution is 5.15. The van der Waals surface area contributed by atoms with Crippen molar-refractivity contribution in [3.05, 3.63) is 53.9 Å². The highest BCUT2D eigenvalue weighted by Crippen LogP contribution is 2.06. The van der Waals surface area contributed by atoms with Crippen LogP contribution < -0.4 is 5.32 Å². The smallest absolute Gasteiger partial charge is 0.0826 e. The van der Waals surface area contributed by atoms with Crippen molar-refractivity contribution in [1.29, 1.82) is 0 Å². The molecule has 3 rings (SSSR count). The molecule has 0 unspecified atom stereocenters. The summed E-state index contributed by atoms with van der Waals surface area (Å²) in [6.45, 7) is 8.77. The molecule has 23 heavy (non-hydrogen) atoms. The van der Waals surface area contributed by atoms with E-state index in [1.807, 2.05) is 16.9 Å². The van der Waals surface area contributed by atoms with Gasteiger partial charge in [-0.3, -0.25) is 9.58 Å². The summed E-state index contributed by atoms with van der Waals surface area (Å²) in [4.78, 5) is 2.44. The SMILES string of the molecule is CCN1CCO[C@H](CNCc2cnn(Cc3ccccc3)c2)C1. The molecule has 1 saturated heterocycles. The van der Waals surface area contributed by atoms with Crippen LogP contribution in [0.2, 0.25) is 0 Å². The standard InChI is InChI=1S/C18H26N4O/c1-2-21-8-9-23-18(15-21)12-19-10-17-11-20-22(14-17)13-16-6-4-3-5-7-16/h3-7,11,14,18-19H,2,8-10,12-13,15H2,1H3/t18-/m1/s1. The van der Waals surface area contributed by atoms with E-state index in [0.29, 0.717) is 6.10 Å². The Hall–Kier alpha value is -1.69. The number of ether oxygens (including phenoxy) is 1. The molecule has 0 spiro atoms. The Bertz CT molecular complexity index is 584. The molecule has 1 N–H and O–H groups in total. The Morgan fingerprint density at radius 2 is 2.13 bits per heavy atom. The number of hydrogen-bond donors (Lipinski definition) is 1. The molecule has 5 heteroatoms. The van der Waals surface area contributed by atoms with Crippen LogP contribution >= 0.6 is 0 Å². The summed E-state index contributed by atoms with van der Waals surface area (Å²) in [7, 11) is 0. The summed E-state index contributed by atoms with van der Waals surface area (Å²) in [6, 6.07) is 10.4. The summed E-state index contributed by atoms with van der Waals surface area (Å²) in [5, 5.41) is 7.93. The molecule has 0 saturated carbocycles. The Balaban J connectivity index is 1.42. The number of nitrogens with zero attached hydrogens (tertiary/aromatic N) is 3. The van der Waals surface area contributed by atoms with Crippen LogP contribution in [0.15, 0.2) is 42.7 Å². The maximum atomic E-state index is 5.81. The van der Waals surface area contributed by atoms with Crippen molar-refractivity contribution in [3.63, 3.8) is 0 Å². The normalized spacial score (nSPS) is 19.1. The van der Waals surface area contributed by atoms with Crippen molar-refractivity contribution in [2.75, 3.05) is 32.8 Å². The summed E-state index contributed by atoms with van der Waals surface area (Å²) in [5.74, 6) is 0. The minimum absolute atomic E-state index is 0.295. The minimum Gasteiger partial charge on any atom is -0.374 e. The van der Waals surface area contributed by atoms with E-state index in [1.54, 1.807) is 0 Å². The van der Waals surface area contributed by atoms with Gasteiger partial charge in [-0.2, -0.15) is 5.10 Å². The maximum Gasteiger partial charge on any atom is 0.0826 e. The number of hydrogen-bond acceptors (Lipinski definition) is 4. The van der Waals surface area contributed by atoms with Gasteiger partial charge in [0.15, 0.2) is 0 Å². The van der Waals surface area contributed by atoms with E-state index in [0.717, 1.165) is 45.9 Å². The molecule has 2 heterocycles. The van der Waals surface area contributed by atoms with Gasteiger partial charge in [0.1, 0.15) is 0 Å². The fraction of sp³-hybridized carbons (Fsp3) is 0.500. The molecule has 0 aliphatic carbocycles. The van der Waals surface area contributed by atoms with Gasteiger partial charge in [-0.05, 0) is 12.1 Å². The second kappa shape index (κ2) is 8.24. The number of nitrogens with one attached hydrogen (secondary N) is 1. The van der Waals surface area contributed by atoms with Crippen molar-refractivity contribution in [2.45, 2.75) is 26.1 Å². The first-order valence-corrected chi connectivity index (χ1v) is 8.43. The van der Waals surface area contributed by atoms with E-state index in [1.165, 1.54) is 11.1 Å². The molecule has 1 aromatic heterocycles. The molecule has 2 aromatic rings. The van der Waals surface area contributed by atoms with Crippen molar-refractivity contribution >= 4 is 0 Å². The molecule has 1 atom stereocenters. The zero-order chi connectivity index (χ0) is 15.9. The predicted molar refractivity (Wildman–Crippen MR) is 91.3 cm³/mol. The maximum absolute atomic E-state index is 5.81. The van der Waals surface area contributed by atoms with Crippen molar-refractivity contribution < 1.29 is 4.74 Å². The Kier molecular flexibility index (Phi) is 5.80. The molecule has 124 valence electrons. The van der Waals surface area contributed by atoms with Gasteiger partial charge in [0.05, 0.1) is 25.5 Å². The van der Waals surface area contributed by atoms with E-state index in [2.05, 4.69) is 52.7 Å². The average molecular weight is 314 g/mol. The van der Waals surface area contributed by atoms with E-state index in [4.69, 9.17) is 4.74 Å². The number of benzene rings is 1. The monoisotopic (exact) mass is 314 g/mol. The molecule has 1 fully saturated rings. The predicted octanol–water partition coefficient (Wildman–Crippen LogP) is 1.74. The third-order valence-corrected chi connectivity index (χ3v) is 4.25. The van der Waals surface area contributed by atoms with Crippen molar-refractivity contribution in [3.8, 4) is 0 Å². The van der Waals surface area contributed by atoms with E-state index >= 15 is 0 Å². The Labute approximate surface area is 138 Å². The topological polar surface area (TPSA) is 42.3 Å². The van der Waals surface area contributed by atoms with Crippen LogP contribution in [0, 0.1) is 0 Å². The summed E-state index contributed by atoms with van der Waals surface area (Å²) in [6.07, 6.45) is 4.35. The number of likely N-dealkylation sites (N-methyl/N-ethyl adjacent to an activating group) is 1. The zero-order valence-electron chi connectivity index (χ0n) is 13.8. The van der Waals surface area contributed by atoms with Crippen LogP contribution in [-0.2, 0) is 17.8 Å². The van der Waals surface area contributed by atoms with Crippen LogP contribution in [0.3, 0.4) is 0 Å². The Morgan fingerprint density at radius 3 is 2.96 bits per heavy atom. The van der Waals surface area contributed by atoms with Crippen molar-refractivity contribution in [1.82, 2.24) is 20.0 Å². The van der Waals surface area contributed by atoms with Gasteiger partial charge in [-0.15, -0.1) is 0 Å². The lowest BCUT2D eigenvalue weighted by molar-refractivity contribution is -0.0253. The second-order valence-electron chi connectivity index (χ2n) is 6.05. The van der Waals surface area contributed by atoms with Crippen LogP contribution in [0.4, 0.5) is 0 Å². The zero-order valence-corrected chi connectivity index (χ0v) is 13.8. The van der Waals surface area contributed by atoms with Gasteiger partial charge in [0.25, 0.3) is 0 Å². The fourth-order valence-corrected chi connectivity index (χ4v) is 2.92. The second-order valence-corrected chi connectivity index (χ2v) is 6.05. The summed E-state index contributed by atoms with van der Waals surface area (Å²) < 4.78 is 7.80. The van der Waals surface area contributed by atoms with Gasteiger partial charge in [-0.1, -0.05) is 37.3 Å². The minimum atomic E-state index is 0.295. The van der Waals surface area contributed by atoms with Crippen molar-refractivity contribution in [2.24, 2.45) is 0 Å². The summed E-state index contributed by atoms with van der Waals surface area (Å²) in [5.41, 5.74) is 2.48. The van der Waals surface area contributed by atoms with Crippen LogP contribution in [-0.4, -0.2) is 53.6 Å². The molecule has 1 aliphatic rings. The molecule has 1 aromatic carbocycles. The molecule has 0 bridgehead atoms. The average Bonchev–Trinajstić information content (AvgIpc) is 3.03. The molecular weight excluding hydrogens is 288 g/mol. The fourth-order valence-electron chi connectivity index (χ4n) is 2.92. The first-order valence-electron chi connectivity index (χ1n) is 8.43. The molecule has 0 radical (unpaired) electrons. The molecule has 5 nitrogen and oxygen atoms in total. The lowest BCUT2D eigenvalue weighted by atomic mass is 10.2. The van der Waals surface area contributed by atoms with Gasteiger partial charge in [-0.25, -0.2) is 0 Å². The van der Waals surface area contributed by atoms with E-state index in [-0.39, 0.29) is 0 Å². The summed E-state index contributed by atoms with van der Waals surface area (Å²) >= 11 is 0. The lowest BCUT2D eigenvalue weighted by Gasteiger charge is -2.32. The van der Waals surface area contributed by atoms with Gasteiger partial charge < -0.3 is 10.1 Å². The molecular formula is C18H26N4O. The Morgan fingerprint density at radius 1 is 1.26 bits per heavy atom. The first kappa shape index (κ1) is 16.2. The first-order chi connectivity index (χ1) is 11.3. The van der Waals surface area contributed by atoms with Crippen LogP contribution in [0.1, 0.15) is 18.1 Å². The molecule has 0 amide bonds. The third-order valence-electron chi connectivity index (χ3n) is 4.25. The van der Waals surface area contributed by atoms with E-state index < -0.39 is 0 Å². The third kappa shape index (κ3) is 4.89. The van der Waals surface area contributed by atoms with Crippen LogP contribution in [0.25, 0.3) is 0 Å². The number of morpholine rings is 1. The van der Waals surface area contributed by atoms with Crippen LogP contribution in [0.5, 0.6) is 0 Å². The van der Waals surface area contributed by atoms with Gasteiger partial charge in [0, 0.05) is 37.9 Å².